The normalized spacial score (nSPS) is 16.9. The number of nitrogens with one attached hydrogen (secondary N) is 2. The van der Waals surface area contributed by atoms with Crippen molar-refractivity contribution in [2.75, 3.05) is 28.3 Å². The molecular weight excluding hydrogens is 448 g/mol. The second kappa shape index (κ2) is 8.92. The van der Waals surface area contributed by atoms with Crippen LogP contribution in [-0.2, 0) is 11.2 Å². The molecule has 0 spiro atoms. The Morgan fingerprint density at radius 2 is 2.06 bits per heavy atom. The van der Waals surface area contributed by atoms with Gasteiger partial charge >= 0.3 is 6.09 Å². The monoisotopic (exact) mass is 474 g/mol. The Kier molecular flexibility index (Phi) is 5.78. The van der Waals surface area contributed by atoms with Crippen molar-refractivity contribution >= 4 is 17.0 Å². The number of pyridine rings is 1. The van der Waals surface area contributed by atoms with Gasteiger partial charge in [-0.1, -0.05) is 12.1 Å². The number of fused-ring (bicyclic) bond motifs is 2. The summed E-state index contributed by atoms with van der Waals surface area (Å²) in [5.41, 5.74) is 4.93. The van der Waals surface area contributed by atoms with Crippen LogP contribution in [0.2, 0.25) is 0 Å². The molecule has 9 nitrogen and oxygen atoms in total. The number of H-pyrrole nitrogens is 1. The minimum absolute atomic E-state index is 0.0982. The lowest BCUT2D eigenvalue weighted by atomic mass is 10.0. The zero-order valence-corrected chi connectivity index (χ0v) is 19.9. The van der Waals surface area contributed by atoms with Gasteiger partial charge in [-0.25, -0.2) is 9.78 Å². The highest BCUT2D eigenvalue weighted by Crippen LogP contribution is 2.39. The van der Waals surface area contributed by atoms with Gasteiger partial charge in [0, 0.05) is 36.7 Å². The smallest absolute Gasteiger partial charge is 0.407 e. The van der Waals surface area contributed by atoms with Crippen molar-refractivity contribution in [1.82, 2.24) is 20.2 Å². The fourth-order valence-corrected chi connectivity index (χ4v) is 4.81. The Bertz CT molecular complexity index is 1460. The quantitative estimate of drug-likeness (QED) is 0.453. The van der Waals surface area contributed by atoms with E-state index in [4.69, 9.17) is 13.9 Å². The molecule has 2 aromatic carbocycles. The second-order valence-electron chi connectivity index (χ2n) is 8.73. The number of hydrogen-bond acceptors (Lipinski definition) is 7. The number of carbonyl (C=O) groups excluding carboxylic acids is 1. The summed E-state index contributed by atoms with van der Waals surface area (Å²) in [6, 6.07) is 11.1. The van der Waals surface area contributed by atoms with Crippen molar-refractivity contribution < 1.29 is 18.7 Å². The van der Waals surface area contributed by atoms with Crippen molar-refractivity contribution in [2.45, 2.75) is 18.6 Å². The van der Waals surface area contributed by atoms with E-state index in [9.17, 15) is 9.59 Å². The molecule has 0 radical (unpaired) electrons. The first-order chi connectivity index (χ1) is 16.9. The SMILES string of the molecule is CNC(=O)O[C@@H]1Cc2ccc(-c3cc(=O)c4cc(-c5cnco5)c(OC)cc4[nH]3)cc2[C@H]1N(C)C. The Morgan fingerprint density at radius 1 is 1.23 bits per heavy atom. The molecule has 0 unspecified atom stereocenters. The summed E-state index contributed by atoms with van der Waals surface area (Å²) in [5, 5.41) is 3.04. The van der Waals surface area contributed by atoms with Gasteiger partial charge < -0.3 is 24.2 Å². The average Bonchev–Trinajstić information content (AvgIpc) is 3.50. The molecule has 9 heteroatoms. The van der Waals surface area contributed by atoms with Gasteiger partial charge in [0.2, 0.25) is 0 Å². The standard InChI is InChI=1S/C26H26N4O5/c1-27-26(32)35-23-8-14-5-6-15(7-16(14)25(23)30(2)3)19-10-21(31)17-9-18(24-12-28-13-34-24)22(33-4)11-20(17)29-19/h5-7,9-13,23,25H,8H2,1-4H3,(H,27,32)(H,29,31)/t23-,25-/m1/s1. The van der Waals surface area contributed by atoms with Gasteiger partial charge in [0.05, 0.1) is 30.4 Å². The van der Waals surface area contributed by atoms with E-state index in [0.29, 0.717) is 40.1 Å². The molecule has 2 N–H and O–H groups in total. The largest absolute Gasteiger partial charge is 0.496 e. The summed E-state index contributed by atoms with van der Waals surface area (Å²) < 4.78 is 16.6. The molecule has 0 aliphatic heterocycles. The summed E-state index contributed by atoms with van der Waals surface area (Å²) in [6.07, 6.45) is 2.80. The fourth-order valence-electron chi connectivity index (χ4n) is 4.81. The van der Waals surface area contributed by atoms with E-state index in [1.165, 1.54) is 6.39 Å². The minimum atomic E-state index is -0.451. The highest BCUT2D eigenvalue weighted by molar-refractivity contribution is 5.88. The fraction of sp³-hybridized carbons (Fsp3) is 0.269. The van der Waals surface area contributed by atoms with Crippen molar-refractivity contribution in [1.29, 1.82) is 0 Å². The zero-order chi connectivity index (χ0) is 24.7. The molecule has 180 valence electrons. The van der Waals surface area contributed by atoms with Gasteiger partial charge in [-0.15, -0.1) is 0 Å². The van der Waals surface area contributed by atoms with Crippen LogP contribution in [0.5, 0.6) is 5.75 Å². The predicted molar refractivity (Wildman–Crippen MR) is 132 cm³/mol. The van der Waals surface area contributed by atoms with Crippen molar-refractivity contribution in [2.24, 2.45) is 0 Å². The molecule has 4 aromatic rings. The molecule has 0 saturated heterocycles. The van der Waals surface area contributed by atoms with Gasteiger partial charge in [-0.3, -0.25) is 9.69 Å². The average molecular weight is 475 g/mol. The summed E-state index contributed by atoms with van der Waals surface area (Å²) in [7, 11) is 7.04. The van der Waals surface area contributed by atoms with Crippen LogP contribution >= 0.6 is 0 Å². The third-order valence-corrected chi connectivity index (χ3v) is 6.42. The number of nitrogens with zero attached hydrogens (tertiary/aromatic N) is 2. The number of carbonyl (C=O) groups is 1. The number of ether oxygens (including phenoxy) is 2. The Labute approximate surface area is 201 Å². The van der Waals surface area contributed by atoms with E-state index in [-0.39, 0.29) is 17.6 Å². The molecular formula is C26H26N4O5. The Balaban J connectivity index is 1.57. The topological polar surface area (TPSA) is 110 Å². The van der Waals surface area contributed by atoms with E-state index < -0.39 is 6.09 Å². The van der Waals surface area contributed by atoms with Crippen molar-refractivity contribution in [3.63, 3.8) is 0 Å². The van der Waals surface area contributed by atoms with Gasteiger partial charge in [0.15, 0.2) is 17.6 Å². The third kappa shape index (κ3) is 4.04. The maximum Gasteiger partial charge on any atom is 0.407 e. The highest BCUT2D eigenvalue weighted by atomic mass is 16.6. The summed E-state index contributed by atoms with van der Waals surface area (Å²) >= 11 is 0. The van der Waals surface area contributed by atoms with Crippen LogP contribution in [-0.4, -0.2) is 55.3 Å². The van der Waals surface area contributed by atoms with Crippen molar-refractivity contribution in [3.8, 4) is 28.3 Å². The van der Waals surface area contributed by atoms with E-state index in [0.717, 1.165) is 16.7 Å². The Morgan fingerprint density at radius 3 is 2.74 bits per heavy atom. The molecule has 0 saturated carbocycles. The minimum Gasteiger partial charge on any atom is -0.496 e. The molecule has 5 rings (SSSR count). The number of benzene rings is 2. The maximum atomic E-state index is 13.1. The number of amides is 1. The second-order valence-corrected chi connectivity index (χ2v) is 8.73. The van der Waals surface area contributed by atoms with Crippen LogP contribution < -0.4 is 15.5 Å². The van der Waals surface area contributed by atoms with E-state index >= 15 is 0 Å². The summed E-state index contributed by atoms with van der Waals surface area (Å²) in [5.74, 6) is 1.09. The summed E-state index contributed by atoms with van der Waals surface area (Å²) in [6.45, 7) is 0. The van der Waals surface area contributed by atoms with Gasteiger partial charge in [-0.05, 0) is 42.9 Å². The number of alkyl carbamates (subject to hydrolysis) is 1. The number of aromatic amines is 1. The van der Waals surface area contributed by atoms with Crippen LogP contribution in [0, 0.1) is 0 Å². The molecule has 2 heterocycles. The first-order valence-corrected chi connectivity index (χ1v) is 11.2. The van der Waals surface area contributed by atoms with Gasteiger partial charge in [0.1, 0.15) is 11.9 Å². The molecule has 2 atom stereocenters. The first-order valence-electron chi connectivity index (χ1n) is 11.2. The maximum absolute atomic E-state index is 13.1. The van der Waals surface area contributed by atoms with Crippen LogP contribution in [0.3, 0.4) is 0 Å². The van der Waals surface area contributed by atoms with E-state index in [1.54, 1.807) is 38.6 Å². The number of oxazole rings is 1. The number of rotatable bonds is 5. The molecule has 0 bridgehead atoms. The van der Waals surface area contributed by atoms with E-state index in [1.807, 2.05) is 31.1 Å². The number of likely N-dealkylation sites (N-methyl/N-ethyl adjacent to an activating group) is 1. The first kappa shape index (κ1) is 22.7. The van der Waals surface area contributed by atoms with Gasteiger partial charge in [0.25, 0.3) is 0 Å². The molecule has 35 heavy (non-hydrogen) atoms. The van der Waals surface area contributed by atoms with Crippen LogP contribution in [0.25, 0.3) is 33.5 Å². The third-order valence-electron chi connectivity index (χ3n) is 6.42. The number of methoxy groups -OCH3 is 1. The van der Waals surface area contributed by atoms with E-state index in [2.05, 4.69) is 21.4 Å². The lowest BCUT2D eigenvalue weighted by Crippen LogP contribution is -2.34. The molecule has 2 aromatic heterocycles. The molecule has 1 aliphatic rings. The predicted octanol–water partition coefficient (Wildman–Crippen LogP) is 3.74. The number of aromatic nitrogens is 2. The van der Waals surface area contributed by atoms with Crippen LogP contribution in [0.4, 0.5) is 4.79 Å². The molecule has 1 amide bonds. The van der Waals surface area contributed by atoms with Crippen LogP contribution in [0.15, 0.2) is 58.2 Å². The highest BCUT2D eigenvalue weighted by Gasteiger charge is 2.37. The zero-order valence-electron chi connectivity index (χ0n) is 19.9. The molecule has 0 fully saturated rings. The van der Waals surface area contributed by atoms with Crippen LogP contribution in [0.1, 0.15) is 17.2 Å². The van der Waals surface area contributed by atoms with Gasteiger partial charge in [-0.2, -0.15) is 0 Å². The number of hydrogen-bond donors (Lipinski definition) is 2. The van der Waals surface area contributed by atoms with Crippen molar-refractivity contribution in [3.05, 3.63) is 70.3 Å². The summed E-state index contributed by atoms with van der Waals surface area (Å²) in [4.78, 5) is 34.4. The lowest BCUT2D eigenvalue weighted by molar-refractivity contribution is 0.0547. The molecule has 1 aliphatic carbocycles. The lowest BCUT2D eigenvalue weighted by Gasteiger charge is -2.27. The Hall–Kier alpha value is -4.11.